The maximum atomic E-state index is 14.1. The van der Waals surface area contributed by atoms with E-state index < -0.39 is 5.82 Å². The molecule has 0 atom stereocenters. The zero-order valence-electron chi connectivity index (χ0n) is 17.4. The smallest absolute Gasteiger partial charge is 0.252 e. The maximum Gasteiger partial charge on any atom is 0.252 e. The van der Waals surface area contributed by atoms with Crippen LogP contribution < -0.4 is 5.32 Å². The molecule has 0 fully saturated rings. The molecule has 1 aliphatic heterocycles. The fraction of sp³-hybridized carbons (Fsp3) is 0.250. The number of aromatic nitrogens is 4. The van der Waals surface area contributed by atoms with Crippen LogP contribution in [0.3, 0.4) is 0 Å². The quantitative estimate of drug-likeness (QED) is 0.506. The van der Waals surface area contributed by atoms with Crippen molar-refractivity contribution in [2.24, 2.45) is 0 Å². The number of oxazole rings is 1. The third-order valence-corrected chi connectivity index (χ3v) is 5.64. The molecule has 0 saturated heterocycles. The second-order valence-corrected chi connectivity index (χ2v) is 7.73. The van der Waals surface area contributed by atoms with Crippen LogP contribution in [-0.2, 0) is 19.5 Å². The summed E-state index contributed by atoms with van der Waals surface area (Å²) in [6, 6.07) is 13.4. The average molecular weight is 431 g/mol. The Balaban J connectivity index is 1.37. The number of hydrogen-bond acceptors (Lipinski definition) is 5. The highest BCUT2D eigenvalue weighted by molar-refractivity contribution is 5.99. The summed E-state index contributed by atoms with van der Waals surface area (Å²) in [5.74, 6) is 1.63. The number of hydrogen-bond donors (Lipinski definition) is 1. The molecule has 0 spiro atoms. The molecule has 5 rings (SSSR count). The number of amides is 1. The number of benzene rings is 2. The topological polar surface area (TPSA) is 85.8 Å². The van der Waals surface area contributed by atoms with Crippen molar-refractivity contribution >= 4 is 5.91 Å². The predicted molar refractivity (Wildman–Crippen MR) is 116 cm³/mol. The number of rotatable bonds is 5. The first-order valence-electron chi connectivity index (χ1n) is 10.7. The van der Waals surface area contributed by atoms with Gasteiger partial charge >= 0.3 is 0 Å². The summed E-state index contributed by atoms with van der Waals surface area (Å²) >= 11 is 0. The Morgan fingerprint density at radius 1 is 1.03 bits per heavy atom. The molecular formula is C24H22FN5O2. The van der Waals surface area contributed by atoms with E-state index in [1.165, 1.54) is 18.7 Å². The Kier molecular flexibility index (Phi) is 5.49. The van der Waals surface area contributed by atoms with Gasteiger partial charge in [-0.25, -0.2) is 9.37 Å². The Bertz CT molecular complexity index is 1260. The number of nitrogens with zero attached hydrogens (tertiary/aromatic N) is 4. The predicted octanol–water partition coefficient (Wildman–Crippen LogP) is 4.40. The van der Waals surface area contributed by atoms with Crippen LogP contribution in [0.4, 0.5) is 4.39 Å². The van der Waals surface area contributed by atoms with Gasteiger partial charge in [0.1, 0.15) is 11.6 Å². The molecule has 8 heteroatoms. The molecular weight excluding hydrogens is 409 g/mol. The highest BCUT2D eigenvalue weighted by Crippen LogP contribution is 2.29. The van der Waals surface area contributed by atoms with Crippen molar-refractivity contribution in [1.29, 1.82) is 0 Å². The summed E-state index contributed by atoms with van der Waals surface area (Å²) in [5, 5.41) is 11.5. The molecule has 162 valence electrons. The molecule has 0 saturated carbocycles. The maximum absolute atomic E-state index is 14.1. The second kappa shape index (κ2) is 8.74. The number of halogens is 1. The van der Waals surface area contributed by atoms with Gasteiger partial charge in [0.2, 0.25) is 5.89 Å². The Labute approximate surface area is 184 Å². The lowest BCUT2D eigenvalue weighted by Crippen LogP contribution is -2.25. The highest BCUT2D eigenvalue weighted by Gasteiger charge is 2.19. The number of fused-ring (bicyclic) bond motifs is 1. The molecule has 0 radical (unpaired) electrons. The van der Waals surface area contributed by atoms with Gasteiger partial charge in [0.15, 0.2) is 11.6 Å². The van der Waals surface area contributed by atoms with Crippen LogP contribution in [0, 0.1) is 5.82 Å². The fourth-order valence-corrected chi connectivity index (χ4v) is 3.98. The summed E-state index contributed by atoms with van der Waals surface area (Å²) < 4.78 is 22.0. The first-order chi connectivity index (χ1) is 15.7. The van der Waals surface area contributed by atoms with E-state index in [0.717, 1.165) is 37.5 Å². The first kappa shape index (κ1) is 20.1. The van der Waals surface area contributed by atoms with Crippen LogP contribution >= 0.6 is 0 Å². The van der Waals surface area contributed by atoms with E-state index in [-0.39, 0.29) is 18.3 Å². The van der Waals surface area contributed by atoms with Crippen LogP contribution in [0.15, 0.2) is 59.1 Å². The molecule has 4 aromatic rings. The first-order valence-corrected chi connectivity index (χ1v) is 10.7. The summed E-state index contributed by atoms with van der Waals surface area (Å²) in [4.78, 5) is 17.3. The zero-order valence-corrected chi connectivity index (χ0v) is 17.4. The van der Waals surface area contributed by atoms with Crippen molar-refractivity contribution in [2.75, 3.05) is 0 Å². The summed E-state index contributed by atoms with van der Waals surface area (Å²) in [6.07, 6.45) is 5.76. The minimum atomic E-state index is -0.395. The second-order valence-electron chi connectivity index (χ2n) is 7.73. The van der Waals surface area contributed by atoms with E-state index in [0.29, 0.717) is 22.5 Å². The fourth-order valence-electron chi connectivity index (χ4n) is 3.98. The highest BCUT2D eigenvalue weighted by atomic mass is 19.1. The Morgan fingerprint density at radius 2 is 1.84 bits per heavy atom. The lowest BCUT2D eigenvalue weighted by atomic mass is 10.1. The van der Waals surface area contributed by atoms with Crippen molar-refractivity contribution in [2.45, 2.75) is 38.8 Å². The van der Waals surface area contributed by atoms with Crippen molar-refractivity contribution in [1.82, 2.24) is 25.1 Å². The Morgan fingerprint density at radius 3 is 2.72 bits per heavy atom. The molecule has 1 N–H and O–H groups in total. The molecule has 0 unspecified atom stereocenters. The van der Waals surface area contributed by atoms with E-state index in [2.05, 4.69) is 25.1 Å². The molecule has 3 heterocycles. The molecule has 0 aliphatic carbocycles. The van der Waals surface area contributed by atoms with Crippen LogP contribution in [0.2, 0.25) is 0 Å². The minimum Gasteiger partial charge on any atom is -0.436 e. The summed E-state index contributed by atoms with van der Waals surface area (Å²) in [6.45, 7) is 1.16. The van der Waals surface area contributed by atoms with E-state index in [1.54, 1.807) is 42.5 Å². The van der Waals surface area contributed by atoms with E-state index >= 15 is 0 Å². The van der Waals surface area contributed by atoms with E-state index in [4.69, 9.17) is 4.42 Å². The monoisotopic (exact) mass is 431 g/mol. The van der Waals surface area contributed by atoms with Gasteiger partial charge in [0.05, 0.1) is 23.9 Å². The van der Waals surface area contributed by atoms with E-state index in [1.807, 2.05) is 0 Å². The van der Waals surface area contributed by atoms with Crippen molar-refractivity contribution in [3.05, 3.63) is 77.8 Å². The third-order valence-electron chi connectivity index (χ3n) is 5.64. The van der Waals surface area contributed by atoms with Gasteiger partial charge in [-0.2, -0.15) is 0 Å². The molecule has 1 aliphatic rings. The SMILES string of the molecule is O=C(NCc1nnc2n1CCCCC2)c1ccccc1-c1ncc(-c2ccccc2F)o1. The lowest BCUT2D eigenvalue weighted by Gasteiger charge is -2.10. The van der Waals surface area contributed by atoms with Crippen molar-refractivity contribution < 1.29 is 13.6 Å². The molecule has 1 amide bonds. The van der Waals surface area contributed by atoms with Gasteiger partial charge < -0.3 is 14.3 Å². The molecule has 2 aromatic heterocycles. The van der Waals surface area contributed by atoms with Gasteiger partial charge in [-0.15, -0.1) is 10.2 Å². The van der Waals surface area contributed by atoms with E-state index in [9.17, 15) is 9.18 Å². The number of carbonyl (C=O) groups is 1. The third kappa shape index (κ3) is 3.91. The average Bonchev–Trinajstić information content (AvgIpc) is 3.39. The van der Waals surface area contributed by atoms with Crippen LogP contribution in [-0.4, -0.2) is 25.7 Å². The van der Waals surface area contributed by atoms with Crippen LogP contribution in [0.5, 0.6) is 0 Å². The molecule has 7 nitrogen and oxygen atoms in total. The Hall–Kier alpha value is -3.81. The normalized spacial score (nSPS) is 13.4. The van der Waals surface area contributed by atoms with Crippen molar-refractivity contribution in [3.63, 3.8) is 0 Å². The lowest BCUT2D eigenvalue weighted by molar-refractivity contribution is 0.0950. The standard InChI is InChI=1S/C24H22FN5O2/c25-19-11-6-5-10-18(19)20-14-27-24(32-20)17-9-4-3-8-16(17)23(31)26-15-22-29-28-21-12-2-1-7-13-30(21)22/h3-6,8-11,14H,1-2,7,12-13,15H2,(H,26,31). The van der Waals surface area contributed by atoms with Gasteiger partial charge in [0.25, 0.3) is 5.91 Å². The van der Waals surface area contributed by atoms with Crippen LogP contribution in [0.1, 0.15) is 41.3 Å². The molecule has 2 aromatic carbocycles. The summed E-state index contributed by atoms with van der Waals surface area (Å²) in [5.41, 5.74) is 1.28. The van der Waals surface area contributed by atoms with Gasteiger partial charge in [-0.05, 0) is 37.1 Å². The van der Waals surface area contributed by atoms with Crippen LogP contribution in [0.25, 0.3) is 22.8 Å². The molecule has 32 heavy (non-hydrogen) atoms. The minimum absolute atomic E-state index is 0.255. The van der Waals surface area contributed by atoms with Gasteiger partial charge in [-0.3, -0.25) is 4.79 Å². The number of nitrogens with one attached hydrogen (secondary N) is 1. The zero-order chi connectivity index (χ0) is 21.9. The van der Waals surface area contributed by atoms with Gasteiger partial charge in [0, 0.05) is 18.5 Å². The van der Waals surface area contributed by atoms with Gasteiger partial charge in [-0.1, -0.05) is 30.7 Å². The largest absolute Gasteiger partial charge is 0.436 e. The summed E-state index contributed by atoms with van der Waals surface area (Å²) in [7, 11) is 0. The van der Waals surface area contributed by atoms with Crippen molar-refractivity contribution in [3.8, 4) is 22.8 Å². The number of carbonyl (C=O) groups excluding carboxylic acids is 1. The molecule has 0 bridgehead atoms. The number of aryl methyl sites for hydroxylation is 1.